The van der Waals surface area contributed by atoms with Crippen molar-refractivity contribution in [2.24, 2.45) is 0 Å². The maximum atomic E-state index is 5.58. The molecule has 1 N–H and O–H groups in total. The Hall–Kier alpha value is -0.860. The van der Waals surface area contributed by atoms with Crippen LogP contribution in [0.15, 0.2) is 18.2 Å². The average Bonchev–Trinajstić information content (AvgIpc) is 2.25. The van der Waals surface area contributed by atoms with Gasteiger partial charge in [-0.25, -0.2) is 0 Å². The van der Waals surface area contributed by atoms with Gasteiger partial charge in [0.2, 0.25) is 0 Å². The molecule has 1 rings (SSSR count). The van der Waals surface area contributed by atoms with E-state index < -0.39 is 0 Å². The number of benzene rings is 1. The van der Waals surface area contributed by atoms with Gasteiger partial charge < -0.3 is 10.1 Å². The van der Waals surface area contributed by atoms with Gasteiger partial charge in [0, 0.05) is 7.11 Å². The molecule has 0 saturated carbocycles. The molecule has 0 bridgehead atoms. The van der Waals surface area contributed by atoms with Gasteiger partial charge in [-0.3, -0.25) is 0 Å². The minimum atomic E-state index is -0.215. The smallest absolute Gasteiger partial charge is 0.0816 e. The summed E-state index contributed by atoms with van der Waals surface area (Å²) in [5, 5.41) is 3.35. The Morgan fingerprint density at radius 1 is 1.25 bits per heavy atom. The van der Waals surface area contributed by atoms with Crippen molar-refractivity contribution in [2.75, 3.05) is 14.2 Å². The van der Waals surface area contributed by atoms with Crippen LogP contribution in [0.1, 0.15) is 36.6 Å². The maximum Gasteiger partial charge on any atom is 0.0816 e. The van der Waals surface area contributed by atoms with E-state index in [1.165, 1.54) is 16.7 Å². The first-order chi connectivity index (χ1) is 7.44. The summed E-state index contributed by atoms with van der Waals surface area (Å²) >= 11 is 0. The Kier molecular flexibility index (Phi) is 4.11. The van der Waals surface area contributed by atoms with E-state index in [1.807, 2.05) is 7.05 Å². The van der Waals surface area contributed by atoms with Crippen LogP contribution < -0.4 is 5.32 Å². The lowest BCUT2D eigenvalue weighted by atomic mass is 9.87. The molecule has 2 heteroatoms. The molecule has 0 aliphatic rings. The number of aryl methyl sites for hydroxylation is 1. The standard InChI is InChI=1S/C14H23NO/c1-10-8-7-9-12(11(10)2)13(15-5)14(3,4)16-6/h7-9,13,15H,1-6H3. The van der Waals surface area contributed by atoms with Gasteiger partial charge in [-0.1, -0.05) is 18.2 Å². The van der Waals surface area contributed by atoms with Crippen LogP contribution in [0.2, 0.25) is 0 Å². The fraction of sp³-hybridized carbons (Fsp3) is 0.571. The van der Waals surface area contributed by atoms with Gasteiger partial charge in [0.05, 0.1) is 11.6 Å². The van der Waals surface area contributed by atoms with Gasteiger partial charge in [-0.2, -0.15) is 0 Å². The second-order valence-electron chi connectivity index (χ2n) is 4.82. The summed E-state index contributed by atoms with van der Waals surface area (Å²) in [5.41, 5.74) is 3.76. The minimum Gasteiger partial charge on any atom is -0.377 e. The van der Waals surface area contributed by atoms with E-state index in [0.29, 0.717) is 0 Å². The quantitative estimate of drug-likeness (QED) is 0.844. The van der Waals surface area contributed by atoms with E-state index in [1.54, 1.807) is 7.11 Å². The highest BCUT2D eigenvalue weighted by atomic mass is 16.5. The first-order valence-corrected chi connectivity index (χ1v) is 5.72. The molecule has 2 nitrogen and oxygen atoms in total. The Labute approximate surface area is 99.0 Å². The van der Waals surface area contributed by atoms with Crippen molar-refractivity contribution in [3.05, 3.63) is 34.9 Å². The van der Waals surface area contributed by atoms with Crippen molar-refractivity contribution < 1.29 is 4.74 Å². The number of ether oxygens (including phenoxy) is 1. The summed E-state index contributed by atoms with van der Waals surface area (Å²) in [6.07, 6.45) is 0. The normalized spacial score (nSPS) is 13.9. The van der Waals surface area contributed by atoms with E-state index in [4.69, 9.17) is 4.74 Å². The largest absolute Gasteiger partial charge is 0.377 e. The molecule has 1 aromatic carbocycles. The molecule has 0 saturated heterocycles. The Morgan fingerprint density at radius 3 is 2.38 bits per heavy atom. The summed E-state index contributed by atoms with van der Waals surface area (Å²) in [7, 11) is 3.74. The van der Waals surface area contributed by atoms with Crippen LogP contribution in [-0.2, 0) is 4.74 Å². The van der Waals surface area contributed by atoms with Crippen molar-refractivity contribution in [3.63, 3.8) is 0 Å². The summed E-state index contributed by atoms with van der Waals surface area (Å²) < 4.78 is 5.58. The van der Waals surface area contributed by atoms with Gasteiger partial charge in [0.25, 0.3) is 0 Å². The fourth-order valence-corrected chi connectivity index (χ4v) is 2.08. The lowest BCUT2D eigenvalue weighted by Crippen LogP contribution is -2.39. The van der Waals surface area contributed by atoms with Crippen molar-refractivity contribution >= 4 is 0 Å². The minimum absolute atomic E-state index is 0.206. The van der Waals surface area contributed by atoms with Crippen LogP contribution in [0.4, 0.5) is 0 Å². The lowest BCUT2D eigenvalue weighted by molar-refractivity contribution is -0.00917. The number of hydrogen-bond acceptors (Lipinski definition) is 2. The highest BCUT2D eigenvalue weighted by Crippen LogP contribution is 2.30. The van der Waals surface area contributed by atoms with E-state index >= 15 is 0 Å². The zero-order chi connectivity index (χ0) is 12.3. The third-order valence-corrected chi connectivity index (χ3v) is 3.47. The van der Waals surface area contributed by atoms with Crippen molar-refractivity contribution in [1.82, 2.24) is 5.32 Å². The van der Waals surface area contributed by atoms with Crippen molar-refractivity contribution in [3.8, 4) is 0 Å². The van der Waals surface area contributed by atoms with E-state index in [2.05, 4.69) is 51.2 Å². The van der Waals surface area contributed by atoms with Crippen molar-refractivity contribution in [2.45, 2.75) is 39.3 Å². The Bertz CT molecular complexity index is 358. The molecule has 1 aromatic rings. The molecule has 0 radical (unpaired) electrons. The monoisotopic (exact) mass is 221 g/mol. The third kappa shape index (κ3) is 2.45. The topological polar surface area (TPSA) is 21.3 Å². The van der Waals surface area contributed by atoms with Gasteiger partial charge in [0.1, 0.15) is 0 Å². The molecule has 0 heterocycles. The van der Waals surface area contributed by atoms with Gasteiger partial charge in [-0.15, -0.1) is 0 Å². The van der Waals surface area contributed by atoms with Gasteiger partial charge >= 0.3 is 0 Å². The summed E-state index contributed by atoms with van der Waals surface area (Å²) in [5.74, 6) is 0. The molecular weight excluding hydrogens is 198 g/mol. The summed E-state index contributed by atoms with van der Waals surface area (Å²) in [6.45, 7) is 8.53. The SMILES string of the molecule is CNC(c1cccc(C)c1C)C(C)(C)OC. The van der Waals surface area contributed by atoms with Crippen LogP contribution >= 0.6 is 0 Å². The van der Waals surface area contributed by atoms with E-state index in [0.717, 1.165) is 0 Å². The predicted octanol–water partition coefficient (Wildman–Crippen LogP) is 2.99. The predicted molar refractivity (Wildman–Crippen MR) is 68.8 cm³/mol. The molecule has 16 heavy (non-hydrogen) atoms. The van der Waals surface area contributed by atoms with Crippen molar-refractivity contribution in [1.29, 1.82) is 0 Å². The second kappa shape index (κ2) is 4.98. The molecule has 1 unspecified atom stereocenters. The molecule has 0 fully saturated rings. The Morgan fingerprint density at radius 2 is 1.88 bits per heavy atom. The molecule has 0 aliphatic carbocycles. The number of hydrogen-bond donors (Lipinski definition) is 1. The zero-order valence-corrected chi connectivity index (χ0v) is 11.2. The van der Waals surface area contributed by atoms with Gasteiger partial charge in [0.15, 0.2) is 0 Å². The van der Waals surface area contributed by atoms with E-state index in [-0.39, 0.29) is 11.6 Å². The molecule has 0 amide bonds. The maximum absolute atomic E-state index is 5.58. The number of likely N-dealkylation sites (N-methyl/N-ethyl adjacent to an activating group) is 1. The number of nitrogens with one attached hydrogen (secondary N) is 1. The van der Waals surface area contributed by atoms with Crippen LogP contribution in [-0.4, -0.2) is 19.8 Å². The fourth-order valence-electron chi connectivity index (χ4n) is 2.08. The van der Waals surface area contributed by atoms with Gasteiger partial charge in [-0.05, 0) is 51.4 Å². The van der Waals surface area contributed by atoms with Crippen LogP contribution in [0.3, 0.4) is 0 Å². The molecule has 0 aliphatic heterocycles. The highest BCUT2D eigenvalue weighted by molar-refractivity contribution is 5.36. The highest BCUT2D eigenvalue weighted by Gasteiger charge is 2.30. The zero-order valence-electron chi connectivity index (χ0n) is 11.2. The second-order valence-corrected chi connectivity index (χ2v) is 4.82. The molecular formula is C14H23NO. The lowest BCUT2D eigenvalue weighted by Gasteiger charge is -2.34. The third-order valence-electron chi connectivity index (χ3n) is 3.47. The summed E-state index contributed by atoms with van der Waals surface area (Å²) in [6, 6.07) is 6.63. The summed E-state index contributed by atoms with van der Waals surface area (Å²) in [4.78, 5) is 0. The molecule has 0 spiro atoms. The molecule has 0 aromatic heterocycles. The van der Waals surface area contributed by atoms with E-state index in [9.17, 15) is 0 Å². The number of rotatable bonds is 4. The van der Waals surface area contributed by atoms with Crippen LogP contribution in [0.5, 0.6) is 0 Å². The first-order valence-electron chi connectivity index (χ1n) is 5.72. The van der Waals surface area contributed by atoms with Crippen LogP contribution in [0.25, 0.3) is 0 Å². The molecule has 1 atom stereocenters. The average molecular weight is 221 g/mol. The molecule has 90 valence electrons. The number of methoxy groups -OCH3 is 1. The Balaban J connectivity index is 3.19. The van der Waals surface area contributed by atoms with Crippen LogP contribution in [0, 0.1) is 13.8 Å². The first kappa shape index (κ1) is 13.2.